The first kappa shape index (κ1) is 20.4. The maximum absolute atomic E-state index is 13.3. The summed E-state index contributed by atoms with van der Waals surface area (Å²) >= 11 is 0. The Bertz CT molecular complexity index is 835. The Hall–Kier alpha value is -2.34. The smallest absolute Gasteiger partial charge is 0.416 e. The van der Waals surface area contributed by atoms with Crippen LogP contribution < -0.4 is 0 Å². The molecule has 0 aliphatic carbocycles. The molecule has 0 radical (unpaired) electrons. The van der Waals surface area contributed by atoms with Gasteiger partial charge >= 0.3 is 12.1 Å². The lowest BCUT2D eigenvalue weighted by atomic mass is 9.89. The molecule has 3 rings (SSSR count). The van der Waals surface area contributed by atoms with Gasteiger partial charge in [-0.2, -0.15) is 13.2 Å². The van der Waals surface area contributed by atoms with Gasteiger partial charge in [-0.05, 0) is 63.0 Å². The van der Waals surface area contributed by atoms with Crippen LogP contribution in [0.5, 0.6) is 0 Å². The van der Waals surface area contributed by atoms with E-state index in [0.29, 0.717) is 31.5 Å². The number of piperidine rings is 1. The van der Waals surface area contributed by atoms with Crippen LogP contribution in [0.1, 0.15) is 46.7 Å². The average Bonchev–Trinajstić information content (AvgIpc) is 2.61. The lowest BCUT2D eigenvalue weighted by Crippen LogP contribution is -2.39. The van der Waals surface area contributed by atoms with E-state index in [0.717, 1.165) is 22.8 Å². The van der Waals surface area contributed by atoms with Crippen molar-refractivity contribution in [3.63, 3.8) is 0 Å². The van der Waals surface area contributed by atoms with Crippen molar-refractivity contribution in [2.24, 2.45) is 5.92 Å². The highest BCUT2D eigenvalue weighted by molar-refractivity contribution is 5.70. The standard InChI is InChI=1S/C22H24F3NO2/c1-14-10-15(2)12-18(11-14)20(26-8-6-16(7-9-26)21(27)28)17-4-3-5-19(13-17)22(23,24)25/h3-5,10-13,16,20H,6-9H2,1-2H3,(H,27,28). The second kappa shape index (κ2) is 7.95. The molecule has 2 aromatic rings. The number of halogens is 3. The molecule has 0 aromatic heterocycles. The number of hydrogen-bond acceptors (Lipinski definition) is 2. The first-order valence-electron chi connectivity index (χ1n) is 9.37. The second-order valence-electron chi connectivity index (χ2n) is 7.60. The predicted octanol–water partition coefficient (Wildman–Crippen LogP) is 5.21. The van der Waals surface area contributed by atoms with E-state index in [1.807, 2.05) is 32.0 Å². The van der Waals surface area contributed by atoms with E-state index < -0.39 is 23.6 Å². The van der Waals surface area contributed by atoms with Gasteiger partial charge in [-0.25, -0.2) is 0 Å². The molecule has 1 aliphatic heterocycles. The van der Waals surface area contributed by atoms with Crippen LogP contribution in [0.2, 0.25) is 0 Å². The fraction of sp³-hybridized carbons (Fsp3) is 0.409. The van der Waals surface area contributed by atoms with Gasteiger partial charge in [-0.3, -0.25) is 9.69 Å². The Labute approximate surface area is 162 Å². The molecular formula is C22H24F3NO2. The fourth-order valence-electron chi connectivity index (χ4n) is 4.07. The molecule has 1 heterocycles. The van der Waals surface area contributed by atoms with Crippen LogP contribution >= 0.6 is 0 Å². The summed E-state index contributed by atoms with van der Waals surface area (Å²) in [5.41, 5.74) is 2.94. The zero-order chi connectivity index (χ0) is 20.5. The summed E-state index contributed by atoms with van der Waals surface area (Å²) in [5, 5.41) is 9.25. The van der Waals surface area contributed by atoms with Gasteiger partial charge in [-0.15, -0.1) is 0 Å². The van der Waals surface area contributed by atoms with Gasteiger partial charge in [0.1, 0.15) is 0 Å². The molecule has 1 N–H and O–H groups in total. The first-order valence-corrected chi connectivity index (χ1v) is 9.37. The third-order valence-corrected chi connectivity index (χ3v) is 5.33. The highest BCUT2D eigenvalue weighted by Gasteiger charge is 2.34. The van der Waals surface area contributed by atoms with Gasteiger partial charge in [-0.1, -0.05) is 41.5 Å². The molecule has 28 heavy (non-hydrogen) atoms. The average molecular weight is 391 g/mol. The number of nitrogens with zero attached hydrogens (tertiary/aromatic N) is 1. The SMILES string of the molecule is Cc1cc(C)cc(C(c2cccc(C(F)(F)F)c2)N2CCC(C(=O)O)CC2)c1. The third kappa shape index (κ3) is 4.55. The maximum atomic E-state index is 13.3. The number of carbonyl (C=O) groups is 1. The molecule has 1 unspecified atom stereocenters. The van der Waals surface area contributed by atoms with Crippen molar-refractivity contribution < 1.29 is 23.1 Å². The summed E-state index contributed by atoms with van der Waals surface area (Å²) in [4.78, 5) is 13.4. The minimum absolute atomic E-state index is 0.337. The van der Waals surface area contributed by atoms with E-state index in [1.165, 1.54) is 12.1 Å². The molecule has 2 aromatic carbocycles. The van der Waals surface area contributed by atoms with Crippen molar-refractivity contribution in [3.8, 4) is 0 Å². The fourth-order valence-corrected chi connectivity index (χ4v) is 4.07. The number of carboxylic acid groups (broad SMARTS) is 1. The molecular weight excluding hydrogens is 367 g/mol. The summed E-state index contributed by atoms with van der Waals surface area (Å²) in [6.45, 7) is 5.00. The number of benzene rings is 2. The first-order chi connectivity index (χ1) is 13.1. The number of aliphatic carboxylic acids is 1. The number of likely N-dealkylation sites (tertiary alicyclic amines) is 1. The lowest BCUT2D eigenvalue weighted by molar-refractivity contribution is -0.143. The van der Waals surface area contributed by atoms with Crippen LogP contribution in [-0.2, 0) is 11.0 Å². The Kier molecular flexibility index (Phi) is 5.79. The largest absolute Gasteiger partial charge is 0.481 e. The quantitative estimate of drug-likeness (QED) is 0.778. The molecule has 0 spiro atoms. The normalized spacial score (nSPS) is 17.5. The number of rotatable bonds is 4. The van der Waals surface area contributed by atoms with E-state index >= 15 is 0 Å². The van der Waals surface area contributed by atoms with Crippen molar-refractivity contribution in [2.45, 2.75) is 38.9 Å². The monoisotopic (exact) mass is 391 g/mol. The van der Waals surface area contributed by atoms with Crippen LogP contribution in [0.15, 0.2) is 42.5 Å². The molecule has 0 bridgehead atoms. The zero-order valence-corrected chi connectivity index (χ0v) is 16.0. The van der Waals surface area contributed by atoms with Gasteiger partial charge in [0, 0.05) is 0 Å². The van der Waals surface area contributed by atoms with Crippen LogP contribution in [0.3, 0.4) is 0 Å². The Morgan fingerprint density at radius 1 is 1.04 bits per heavy atom. The van der Waals surface area contributed by atoms with Crippen LogP contribution in [0, 0.1) is 19.8 Å². The summed E-state index contributed by atoms with van der Waals surface area (Å²) < 4.78 is 39.8. The topological polar surface area (TPSA) is 40.5 Å². The summed E-state index contributed by atoms with van der Waals surface area (Å²) in [6.07, 6.45) is -3.41. The van der Waals surface area contributed by atoms with E-state index in [2.05, 4.69) is 4.90 Å². The highest BCUT2D eigenvalue weighted by atomic mass is 19.4. The van der Waals surface area contributed by atoms with Gasteiger partial charge in [0.25, 0.3) is 0 Å². The number of carboxylic acids is 1. The Morgan fingerprint density at radius 3 is 2.18 bits per heavy atom. The molecule has 6 heteroatoms. The van der Waals surface area contributed by atoms with Crippen molar-refractivity contribution in [1.82, 2.24) is 4.90 Å². The zero-order valence-electron chi connectivity index (χ0n) is 16.0. The van der Waals surface area contributed by atoms with Crippen molar-refractivity contribution in [2.75, 3.05) is 13.1 Å². The third-order valence-electron chi connectivity index (χ3n) is 5.33. The summed E-state index contributed by atoms with van der Waals surface area (Å²) in [5.74, 6) is -1.20. The highest BCUT2D eigenvalue weighted by Crippen LogP contribution is 2.36. The molecule has 3 nitrogen and oxygen atoms in total. The number of hydrogen-bond donors (Lipinski definition) is 1. The van der Waals surface area contributed by atoms with E-state index in [1.54, 1.807) is 6.07 Å². The molecule has 1 atom stereocenters. The van der Waals surface area contributed by atoms with Crippen LogP contribution in [0.25, 0.3) is 0 Å². The lowest BCUT2D eigenvalue weighted by Gasteiger charge is -2.37. The minimum Gasteiger partial charge on any atom is -0.481 e. The molecule has 0 amide bonds. The van der Waals surface area contributed by atoms with Crippen LogP contribution in [-0.4, -0.2) is 29.1 Å². The molecule has 1 fully saturated rings. The van der Waals surface area contributed by atoms with Gasteiger partial charge < -0.3 is 5.11 Å². The van der Waals surface area contributed by atoms with Crippen molar-refractivity contribution >= 4 is 5.97 Å². The Morgan fingerprint density at radius 2 is 1.64 bits per heavy atom. The molecule has 1 aliphatic rings. The molecule has 150 valence electrons. The maximum Gasteiger partial charge on any atom is 0.416 e. The predicted molar refractivity (Wildman–Crippen MR) is 101 cm³/mol. The molecule has 1 saturated heterocycles. The minimum atomic E-state index is -4.40. The number of alkyl halides is 3. The Balaban J connectivity index is 2.02. The summed E-state index contributed by atoms with van der Waals surface area (Å²) in [6, 6.07) is 11.2. The van der Waals surface area contributed by atoms with E-state index in [9.17, 15) is 23.1 Å². The van der Waals surface area contributed by atoms with Crippen molar-refractivity contribution in [3.05, 3.63) is 70.3 Å². The van der Waals surface area contributed by atoms with Gasteiger partial charge in [0.15, 0.2) is 0 Å². The van der Waals surface area contributed by atoms with Crippen molar-refractivity contribution in [1.29, 1.82) is 0 Å². The van der Waals surface area contributed by atoms with Crippen LogP contribution in [0.4, 0.5) is 13.2 Å². The van der Waals surface area contributed by atoms with Gasteiger partial charge in [0.05, 0.1) is 17.5 Å². The van der Waals surface area contributed by atoms with E-state index in [-0.39, 0.29) is 6.04 Å². The van der Waals surface area contributed by atoms with Gasteiger partial charge in [0.2, 0.25) is 0 Å². The van der Waals surface area contributed by atoms with E-state index in [4.69, 9.17) is 0 Å². The summed E-state index contributed by atoms with van der Waals surface area (Å²) in [7, 11) is 0. The number of aryl methyl sites for hydroxylation is 2. The second-order valence-corrected chi connectivity index (χ2v) is 7.60. The molecule has 0 saturated carbocycles.